The second-order valence-electron chi connectivity index (χ2n) is 7.83. The fraction of sp³-hybridized carbons (Fsp3) is 0.148. The highest BCUT2D eigenvalue weighted by molar-refractivity contribution is 6.08. The van der Waals surface area contributed by atoms with E-state index in [2.05, 4.69) is 58.5 Å². The Bertz CT molecular complexity index is 1420. The third kappa shape index (κ3) is 3.61. The molecule has 0 amide bonds. The standard InChI is InChI=1S/C18H16.C9H6N2O2/c1-3-7-15-13(5-1)9-11-18-16-8-4-2-6-14(16)10-12-17(15)18;12-9(13)8-6-2-1-4-10-7(6)3-5-11-8/h1,3,5,7,9-12H,2,4,6,8H2;1-5H,(H,12,13). The van der Waals surface area contributed by atoms with Crippen LogP contribution in [0.3, 0.4) is 0 Å². The van der Waals surface area contributed by atoms with Crippen LogP contribution < -0.4 is 0 Å². The number of hydrogen-bond acceptors (Lipinski definition) is 3. The number of aromatic carboxylic acids is 1. The molecule has 0 saturated heterocycles. The number of hydrogen-bond donors (Lipinski definition) is 1. The summed E-state index contributed by atoms with van der Waals surface area (Å²) in [5, 5.41) is 15.0. The maximum atomic E-state index is 10.7. The molecule has 152 valence electrons. The number of carbonyl (C=O) groups is 1. The largest absolute Gasteiger partial charge is 0.476 e. The van der Waals surface area contributed by atoms with Crippen LogP contribution in [0, 0.1) is 0 Å². The monoisotopic (exact) mass is 406 g/mol. The van der Waals surface area contributed by atoms with Gasteiger partial charge in [0, 0.05) is 17.8 Å². The normalized spacial score (nSPS) is 12.9. The molecule has 1 aliphatic carbocycles. The SMILES string of the molecule is O=C(O)c1nccc2ncccc12.c1ccc2c(c1)ccc1c3c(ccc12)CCCC3. The minimum absolute atomic E-state index is 0.0469. The number of carboxylic acid groups (broad SMARTS) is 1. The van der Waals surface area contributed by atoms with Crippen LogP contribution in [0.5, 0.6) is 0 Å². The summed E-state index contributed by atoms with van der Waals surface area (Å²) < 4.78 is 0. The van der Waals surface area contributed by atoms with E-state index in [1.54, 1.807) is 35.5 Å². The minimum Gasteiger partial charge on any atom is -0.476 e. The fourth-order valence-electron chi connectivity index (χ4n) is 4.52. The molecule has 0 aliphatic heterocycles. The van der Waals surface area contributed by atoms with Crippen molar-refractivity contribution in [3.8, 4) is 0 Å². The van der Waals surface area contributed by atoms with E-state index in [9.17, 15) is 4.79 Å². The number of carboxylic acids is 1. The molecule has 0 atom stereocenters. The second-order valence-corrected chi connectivity index (χ2v) is 7.83. The van der Waals surface area contributed by atoms with Gasteiger partial charge in [0.05, 0.1) is 5.52 Å². The number of benzene rings is 3. The van der Waals surface area contributed by atoms with Crippen molar-refractivity contribution in [3.63, 3.8) is 0 Å². The van der Waals surface area contributed by atoms with Gasteiger partial charge in [0.2, 0.25) is 0 Å². The minimum atomic E-state index is -1.03. The van der Waals surface area contributed by atoms with Crippen LogP contribution in [0.15, 0.2) is 79.1 Å². The number of aromatic nitrogens is 2. The number of nitrogens with zero attached hydrogens (tertiary/aromatic N) is 2. The molecule has 0 radical (unpaired) electrons. The highest BCUT2D eigenvalue weighted by Crippen LogP contribution is 2.33. The van der Waals surface area contributed by atoms with E-state index in [1.807, 2.05) is 0 Å². The Hall–Kier alpha value is -3.79. The molecule has 5 aromatic rings. The molecule has 0 unspecified atom stereocenters. The Morgan fingerprint density at radius 2 is 1.52 bits per heavy atom. The van der Waals surface area contributed by atoms with E-state index in [4.69, 9.17) is 5.11 Å². The van der Waals surface area contributed by atoms with Crippen molar-refractivity contribution >= 4 is 38.4 Å². The molecule has 3 aromatic carbocycles. The highest BCUT2D eigenvalue weighted by atomic mass is 16.4. The Morgan fingerprint density at radius 1 is 0.710 bits per heavy atom. The molecule has 0 fully saturated rings. The first-order chi connectivity index (χ1) is 15.2. The van der Waals surface area contributed by atoms with Crippen LogP contribution in [-0.4, -0.2) is 21.0 Å². The summed E-state index contributed by atoms with van der Waals surface area (Å²) in [6.45, 7) is 0. The zero-order chi connectivity index (χ0) is 21.2. The summed E-state index contributed by atoms with van der Waals surface area (Å²) in [7, 11) is 0. The Labute approximate surface area is 180 Å². The van der Waals surface area contributed by atoms with Gasteiger partial charge in [-0.1, -0.05) is 48.5 Å². The van der Waals surface area contributed by atoms with Crippen molar-refractivity contribution in [2.45, 2.75) is 25.7 Å². The van der Waals surface area contributed by atoms with Crippen LogP contribution >= 0.6 is 0 Å². The van der Waals surface area contributed by atoms with E-state index in [0.717, 1.165) is 0 Å². The Morgan fingerprint density at radius 3 is 2.42 bits per heavy atom. The van der Waals surface area contributed by atoms with Crippen LogP contribution in [0.1, 0.15) is 34.5 Å². The molecule has 2 aromatic heterocycles. The van der Waals surface area contributed by atoms with E-state index in [-0.39, 0.29) is 5.69 Å². The molecule has 2 heterocycles. The van der Waals surface area contributed by atoms with E-state index in [1.165, 1.54) is 53.4 Å². The first-order valence-electron chi connectivity index (χ1n) is 10.6. The smallest absolute Gasteiger partial charge is 0.355 e. The molecule has 0 saturated carbocycles. The molecular formula is C27H22N2O2. The van der Waals surface area contributed by atoms with Crippen LogP contribution in [-0.2, 0) is 12.8 Å². The van der Waals surface area contributed by atoms with Crippen LogP contribution in [0.2, 0.25) is 0 Å². The van der Waals surface area contributed by atoms with Gasteiger partial charge in [0.1, 0.15) is 0 Å². The average Bonchev–Trinajstić information content (AvgIpc) is 2.83. The van der Waals surface area contributed by atoms with Gasteiger partial charge in [0.15, 0.2) is 5.69 Å². The van der Waals surface area contributed by atoms with Crippen molar-refractivity contribution < 1.29 is 9.90 Å². The van der Waals surface area contributed by atoms with Crippen molar-refractivity contribution in [3.05, 3.63) is 95.9 Å². The fourth-order valence-corrected chi connectivity index (χ4v) is 4.52. The summed E-state index contributed by atoms with van der Waals surface area (Å²) in [6.07, 6.45) is 8.28. The van der Waals surface area contributed by atoms with Crippen molar-refractivity contribution in [1.29, 1.82) is 0 Å². The summed E-state index contributed by atoms with van der Waals surface area (Å²) >= 11 is 0. The molecule has 0 spiro atoms. The number of rotatable bonds is 1. The predicted molar refractivity (Wildman–Crippen MR) is 125 cm³/mol. The molecule has 6 rings (SSSR count). The second kappa shape index (κ2) is 8.15. The van der Waals surface area contributed by atoms with Crippen molar-refractivity contribution in [2.75, 3.05) is 0 Å². The third-order valence-electron chi connectivity index (χ3n) is 5.99. The maximum Gasteiger partial charge on any atom is 0.355 e. The maximum absolute atomic E-state index is 10.7. The van der Waals surface area contributed by atoms with E-state index >= 15 is 0 Å². The summed E-state index contributed by atoms with van der Waals surface area (Å²) in [5.41, 5.74) is 3.87. The van der Waals surface area contributed by atoms with Crippen LogP contribution in [0.4, 0.5) is 0 Å². The van der Waals surface area contributed by atoms with Gasteiger partial charge < -0.3 is 5.11 Å². The molecule has 0 bridgehead atoms. The molecule has 4 heteroatoms. The molecule has 1 aliphatic rings. The summed E-state index contributed by atoms with van der Waals surface area (Å²) in [4.78, 5) is 18.5. The topological polar surface area (TPSA) is 63.1 Å². The lowest BCUT2D eigenvalue weighted by molar-refractivity contribution is 0.0693. The first-order valence-corrected chi connectivity index (χ1v) is 10.6. The van der Waals surface area contributed by atoms with Gasteiger partial charge in [-0.2, -0.15) is 0 Å². The summed E-state index contributed by atoms with van der Waals surface area (Å²) in [6, 6.07) is 23.0. The zero-order valence-corrected chi connectivity index (χ0v) is 17.1. The Kier molecular flexibility index (Phi) is 5.04. The number of pyridine rings is 2. The lowest BCUT2D eigenvalue weighted by atomic mass is 9.86. The Balaban J connectivity index is 0.000000140. The highest BCUT2D eigenvalue weighted by Gasteiger charge is 2.13. The van der Waals surface area contributed by atoms with Crippen LogP contribution in [0.25, 0.3) is 32.4 Å². The van der Waals surface area contributed by atoms with Gasteiger partial charge in [-0.15, -0.1) is 0 Å². The molecule has 31 heavy (non-hydrogen) atoms. The molecular weight excluding hydrogens is 384 g/mol. The first kappa shape index (κ1) is 19.2. The van der Waals surface area contributed by atoms with Gasteiger partial charge in [-0.05, 0) is 76.6 Å². The zero-order valence-electron chi connectivity index (χ0n) is 17.1. The number of aryl methyl sites for hydroxylation is 2. The molecule has 4 nitrogen and oxygen atoms in total. The number of fused-ring (bicyclic) bond motifs is 6. The van der Waals surface area contributed by atoms with Crippen molar-refractivity contribution in [2.24, 2.45) is 0 Å². The quantitative estimate of drug-likeness (QED) is 0.337. The van der Waals surface area contributed by atoms with Gasteiger partial charge >= 0.3 is 5.97 Å². The predicted octanol–water partition coefficient (Wildman–Crippen LogP) is 6.20. The van der Waals surface area contributed by atoms with Gasteiger partial charge in [0.25, 0.3) is 0 Å². The lowest BCUT2D eigenvalue weighted by Gasteiger charge is -2.18. The van der Waals surface area contributed by atoms with Gasteiger partial charge in [-0.3, -0.25) is 4.98 Å². The van der Waals surface area contributed by atoms with E-state index < -0.39 is 5.97 Å². The molecule has 1 N–H and O–H groups in total. The third-order valence-corrected chi connectivity index (χ3v) is 5.99. The average molecular weight is 406 g/mol. The summed E-state index contributed by atoms with van der Waals surface area (Å²) in [5.74, 6) is -1.03. The van der Waals surface area contributed by atoms with Gasteiger partial charge in [-0.25, -0.2) is 9.78 Å². The van der Waals surface area contributed by atoms with E-state index in [0.29, 0.717) is 10.9 Å². The van der Waals surface area contributed by atoms with Crippen molar-refractivity contribution in [1.82, 2.24) is 9.97 Å². The lowest BCUT2D eigenvalue weighted by Crippen LogP contribution is -2.02.